The van der Waals surface area contributed by atoms with Crippen molar-refractivity contribution in [2.75, 3.05) is 6.61 Å². The smallest absolute Gasteiger partial charge is 0.349 e. The minimum atomic E-state index is -0.553. The van der Waals surface area contributed by atoms with Gasteiger partial charge in [-0.15, -0.1) is 0 Å². The topological polar surface area (TPSA) is 50.1 Å². The van der Waals surface area contributed by atoms with E-state index >= 15 is 0 Å². The van der Waals surface area contributed by atoms with Gasteiger partial charge < -0.3 is 4.74 Å². The fourth-order valence-electron chi connectivity index (χ4n) is 2.14. The van der Waals surface area contributed by atoms with Gasteiger partial charge in [0.1, 0.15) is 11.6 Å². The van der Waals surface area contributed by atoms with Gasteiger partial charge in [-0.2, -0.15) is 5.26 Å². The number of esters is 1. The van der Waals surface area contributed by atoms with Crippen molar-refractivity contribution in [3.05, 3.63) is 39.9 Å². The van der Waals surface area contributed by atoms with Gasteiger partial charge in [0.05, 0.1) is 6.61 Å². The van der Waals surface area contributed by atoms with Gasteiger partial charge in [0, 0.05) is 5.02 Å². The SMILES string of the molecule is CCOC(=O)/C(C#N)=C1\CCc2ccc(Cl)cc21. The van der Waals surface area contributed by atoms with Crippen LogP contribution in [-0.2, 0) is 16.0 Å². The van der Waals surface area contributed by atoms with Crippen molar-refractivity contribution in [2.24, 2.45) is 0 Å². The Kier molecular flexibility index (Phi) is 3.69. The molecule has 0 radical (unpaired) electrons. The zero-order valence-corrected chi connectivity index (χ0v) is 10.8. The number of carbonyl (C=O) groups is 1. The predicted octanol–water partition coefficient (Wildman–Crippen LogP) is 3.13. The number of carbonyl (C=O) groups excluding carboxylic acids is 1. The number of fused-ring (bicyclic) bond motifs is 1. The highest BCUT2D eigenvalue weighted by atomic mass is 35.5. The van der Waals surface area contributed by atoms with E-state index in [4.69, 9.17) is 21.6 Å². The first-order valence-corrected chi connectivity index (χ1v) is 6.14. The number of ether oxygens (including phenoxy) is 1. The Morgan fingerprint density at radius 1 is 1.50 bits per heavy atom. The van der Waals surface area contributed by atoms with Crippen molar-refractivity contribution in [1.29, 1.82) is 5.26 Å². The Balaban J connectivity index is 2.50. The third-order valence-corrected chi connectivity index (χ3v) is 3.17. The zero-order valence-electron chi connectivity index (χ0n) is 10.00. The first kappa shape index (κ1) is 12.7. The molecule has 1 aliphatic carbocycles. The highest BCUT2D eigenvalue weighted by Gasteiger charge is 2.24. The molecule has 0 unspecified atom stereocenters. The Morgan fingerprint density at radius 2 is 2.28 bits per heavy atom. The Morgan fingerprint density at radius 3 is 2.94 bits per heavy atom. The molecule has 2 rings (SSSR count). The number of nitriles is 1. The average molecular weight is 262 g/mol. The summed E-state index contributed by atoms with van der Waals surface area (Å²) in [6, 6.07) is 7.51. The third kappa shape index (κ3) is 2.25. The van der Waals surface area contributed by atoms with Crippen LogP contribution in [-0.4, -0.2) is 12.6 Å². The number of nitrogens with zero attached hydrogens (tertiary/aromatic N) is 1. The van der Waals surface area contributed by atoms with Crippen LogP contribution < -0.4 is 0 Å². The molecule has 1 aromatic rings. The summed E-state index contributed by atoms with van der Waals surface area (Å²) in [5.74, 6) is -0.553. The molecule has 0 fully saturated rings. The summed E-state index contributed by atoms with van der Waals surface area (Å²) >= 11 is 5.96. The molecule has 0 atom stereocenters. The number of aryl methyl sites for hydroxylation is 1. The van der Waals surface area contributed by atoms with Crippen LogP contribution in [0.25, 0.3) is 5.57 Å². The number of hydrogen-bond acceptors (Lipinski definition) is 3. The van der Waals surface area contributed by atoms with E-state index in [2.05, 4.69) is 0 Å². The lowest BCUT2D eigenvalue weighted by atomic mass is 10.0. The van der Waals surface area contributed by atoms with E-state index in [1.807, 2.05) is 18.2 Å². The highest BCUT2D eigenvalue weighted by molar-refractivity contribution is 6.30. The van der Waals surface area contributed by atoms with E-state index < -0.39 is 5.97 Å². The number of hydrogen-bond donors (Lipinski definition) is 0. The maximum atomic E-state index is 11.7. The summed E-state index contributed by atoms with van der Waals surface area (Å²) in [5.41, 5.74) is 2.85. The first-order chi connectivity index (χ1) is 8.67. The summed E-state index contributed by atoms with van der Waals surface area (Å²) in [5, 5.41) is 9.74. The Hall–Kier alpha value is -1.79. The van der Waals surface area contributed by atoms with Crippen molar-refractivity contribution in [3.8, 4) is 6.07 Å². The van der Waals surface area contributed by atoms with Gasteiger partial charge >= 0.3 is 5.97 Å². The van der Waals surface area contributed by atoms with Gasteiger partial charge in [0.15, 0.2) is 0 Å². The minimum absolute atomic E-state index is 0.0952. The average Bonchev–Trinajstić information content (AvgIpc) is 2.74. The van der Waals surface area contributed by atoms with Gasteiger partial charge in [-0.25, -0.2) is 4.79 Å². The van der Waals surface area contributed by atoms with Gasteiger partial charge in [-0.3, -0.25) is 0 Å². The molecule has 3 nitrogen and oxygen atoms in total. The second kappa shape index (κ2) is 5.24. The van der Waals surface area contributed by atoms with Crippen molar-refractivity contribution < 1.29 is 9.53 Å². The van der Waals surface area contributed by atoms with Crippen LogP contribution in [0.3, 0.4) is 0 Å². The maximum absolute atomic E-state index is 11.7. The molecule has 92 valence electrons. The largest absolute Gasteiger partial charge is 0.462 e. The molecule has 0 spiro atoms. The molecule has 0 saturated carbocycles. The van der Waals surface area contributed by atoms with Crippen LogP contribution in [0.5, 0.6) is 0 Å². The van der Waals surface area contributed by atoms with Gasteiger partial charge in [-0.1, -0.05) is 17.7 Å². The summed E-state index contributed by atoms with van der Waals surface area (Å²) in [4.78, 5) is 11.7. The van der Waals surface area contributed by atoms with E-state index in [-0.39, 0.29) is 12.2 Å². The Bertz CT molecular complexity index is 570. The fraction of sp³-hybridized carbons (Fsp3) is 0.286. The molecule has 0 aliphatic heterocycles. The van der Waals surface area contributed by atoms with E-state index in [1.165, 1.54) is 0 Å². The molecule has 0 aromatic heterocycles. The third-order valence-electron chi connectivity index (χ3n) is 2.93. The lowest BCUT2D eigenvalue weighted by molar-refractivity contribution is -0.137. The van der Waals surface area contributed by atoms with Crippen molar-refractivity contribution in [2.45, 2.75) is 19.8 Å². The summed E-state index contributed by atoms with van der Waals surface area (Å²) in [6.45, 7) is 1.98. The minimum Gasteiger partial charge on any atom is -0.462 e. The quantitative estimate of drug-likeness (QED) is 0.467. The summed E-state index contributed by atoms with van der Waals surface area (Å²) in [6.07, 6.45) is 1.50. The van der Waals surface area contributed by atoms with E-state index in [1.54, 1.807) is 13.0 Å². The van der Waals surface area contributed by atoms with Crippen molar-refractivity contribution >= 4 is 23.1 Å². The maximum Gasteiger partial charge on any atom is 0.349 e. The lowest BCUT2D eigenvalue weighted by Crippen LogP contribution is -2.08. The van der Waals surface area contributed by atoms with E-state index in [0.29, 0.717) is 11.4 Å². The second-order valence-corrected chi connectivity index (χ2v) is 4.42. The van der Waals surface area contributed by atoms with Crippen LogP contribution in [0.2, 0.25) is 5.02 Å². The Labute approximate surface area is 111 Å². The van der Waals surface area contributed by atoms with Crippen molar-refractivity contribution in [3.63, 3.8) is 0 Å². The molecule has 1 aromatic carbocycles. The monoisotopic (exact) mass is 261 g/mol. The molecule has 0 saturated heterocycles. The van der Waals surface area contributed by atoms with E-state index in [9.17, 15) is 4.79 Å². The highest BCUT2D eigenvalue weighted by Crippen LogP contribution is 2.36. The molecule has 18 heavy (non-hydrogen) atoms. The van der Waals surface area contributed by atoms with Crippen LogP contribution in [0.4, 0.5) is 0 Å². The molecular weight excluding hydrogens is 250 g/mol. The molecule has 0 amide bonds. The molecule has 0 heterocycles. The normalized spacial score (nSPS) is 15.8. The molecule has 4 heteroatoms. The molecular formula is C14H12ClNO2. The van der Waals surface area contributed by atoms with Crippen LogP contribution >= 0.6 is 11.6 Å². The number of rotatable bonds is 2. The fourth-order valence-corrected chi connectivity index (χ4v) is 2.31. The number of halogens is 1. The van der Waals surface area contributed by atoms with Crippen molar-refractivity contribution in [1.82, 2.24) is 0 Å². The van der Waals surface area contributed by atoms with Crippen LogP contribution in [0, 0.1) is 11.3 Å². The number of allylic oxidation sites excluding steroid dienone is 1. The zero-order chi connectivity index (χ0) is 13.1. The second-order valence-electron chi connectivity index (χ2n) is 3.99. The molecule has 0 bridgehead atoms. The van der Waals surface area contributed by atoms with Gasteiger partial charge in [-0.05, 0) is 48.6 Å². The first-order valence-electron chi connectivity index (χ1n) is 5.76. The van der Waals surface area contributed by atoms with Gasteiger partial charge in [0.25, 0.3) is 0 Å². The predicted molar refractivity (Wildman–Crippen MR) is 68.9 cm³/mol. The molecule has 0 N–H and O–H groups in total. The summed E-state index contributed by atoms with van der Waals surface area (Å²) in [7, 11) is 0. The van der Waals surface area contributed by atoms with E-state index in [0.717, 1.165) is 23.1 Å². The standard InChI is InChI=1S/C14H12ClNO2/c1-2-18-14(17)13(8-16)11-6-4-9-3-5-10(15)7-12(9)11/h3,5,7H,2,4,6H2,1H3/b13-11+. The number of benzene rings is 1. The van der Waals surface area contributed by atoms with Gasteiger partial charge in [0.2, 0.25) is 0 Å². The summed E-state index contributed by atoms with van der Waals surface area (Å²) < 4.78 is 4.90. The van der Waals surface area contributed by atoms with Crippen LogP contribution in [0.15, 0.2) is 23.8 Å². The van der Waals surface area contributed by atoms with Crippen LogP contribution in [0.1, 0.15) is 24.5 Å². The lowest BCUT2D eigenvalue weighted by Gasteiger charge is -2.05. The molecule has 1 aliphatic rings.